The molecule has 1 aliphatic heterocycles. The molecule has 15 heavy (non-hydrogen) atoms. The molecule has 0 saturated carbocycles. The van der Waals surface area contributed by atoms with Gasteiger partial charge in [0.2, 0.25) is 0 Å². The Hall–Kier alpha value is -0.0862. The summed E-state index contributed by atoms with van der Waals surface area (Å²) in [6.45, 7) is 12.4. The van der Waals surface area contributed by atoms with Gasteiger partial charge in [0.05, 0.1) is 16.1 Å². The van der Waals surface area contributed by atoms with Crippen LogP contribution < -0.4 is 0 Å². The number of hydrogen-bond donors (Lipinski definition) is 0. The fourth-order valence-electron chi connectivity index (χ4n) is 2.89. The average Bonchev–Trinajstić information content (AvgIpc) is 2.42. The van der Waals surface area contributed by atoms with E-state index in [2.05, 4.69) is 45.3 Å². The highest BCUT2D eigenvalue weighted by atomic mass is 28.3. The van der Waals surface area contributed by atoms with Crippen LogP contribution in [0, 0.1) is 5.92 Å². The van der Waals surface area contributed by atoms with Crippen LogP contribution in [0.25, 0.3) is 0 Å². The molecule has 0 N–H and O–H groups in total. The third kappa shape index (κ3) is 1.94. The number of allylic oxidation sites excluding steroid dienone is 4. The summed E-state index contributed by atoms with van der Waals surface area (Å²) in [5, 5.41) is 3.58. The minimum atomic E-state index is -1.07. The monoisotopic (exact) mass is 236 g/mol. The minimum Gasteiger partial charge on any atom is -0.0788 e. The molecule has 0 nitrogen and oxygen atoms in total. The van der Waals surface area contributed by atoms with Gasteiger partial charge in [0, 0.05) is 0 Å². The molecule has 0 spiro atoms. The van der Waals surface area contributed by atoms with E-state index < -0.39 is 16.1 Å². The van der Waals surface area contributed by atoms with Crippen LogP contribution in [0.1, 0.15) is 13.3 Å². The largest absolute Gasteiger partial charge is 0.0792 e. The zero-order valence-corrected chi connectivity index (χ0v) is 12.9. The van der Waals surface area contributed by atoms with Gasteiger partial charge >= 0.3 is 0 Å². The fourth-order valence-corrected chi connectivity index (χ4v) is 8.05. The Morgan fingerprint density at radius 3 is 2.20 bits per heavy atom. The summed E-state index contributed by atoms with van der Waals surface area (Å²) >= 11 is 0. The molecule has 2 aliphatic rings. The molecule has 1 atom stereocenters. The van der Waals surface area contributed by atoms with Crippen molar-refractivity contribution in [2.45, 2.75) is 51.6 Å². The van der Waals surface area contributed by atoms with Crippen molar-refractivity contribution >= 4 is 16.1 Å². The van der Waals surface area contributed by atoms with Crippen molar-refractivity contribution in [2.24, 2.45) is 5.92 Å². The second-order valence-corrected chi connectivity index (χ2v) is 16.5. The lowest BCUT2D eigenvalue weighted by Gasteiger charge is -2.39. The lowest BCUT2D eigenvalue weighted by Crippen LogP contribution is -2.41. The molecule has 0 bridgehead atoms. The molecule has 1 aliphatic carbocycles. The van der Waals surface area contributed by atoms with Crippen molar-refractivity contribution < 1.29 is 0 Å². The zero-order chi connectivity index (χ0) is 11.3. The second-order valence-electron chi connectivity index (χ2n) is 6.67. The van der Waals surface area contributed by atoms with Crippen LogP contribution in [-0.4, -0.2) is 16.1 Å². The lowest BCUT2D eigenvalue weighted by molar-refractivity contribution is 0.848. The molecule has 0 amide bonds. The molecule has 2 rings (SSSR count). The van der Waals surface area contributed by atoms with E-state index in [1.165, 1.54) is 6.42 Å². The van der Waals surface area contributed by atoms with E-state index in [4.69, 9.17) is 0 Å². The number of rotatable bonds is 2. The van der Waals surface area contributed by atoms with Crippen LogP contribution in [0.15, 0.2) is 22.5 Å². The van der Waals surface area contributed by atoms with Crippen molar-refractivity contribution in [1.82, 2.24) is 0 Å². The van der Waals surface area contributed by atoms with E-state index in [1.54, 1.807) is 17.3 Å². The summed E-state index contributed by atoms with van der Waals surface area (Å²) in [6, 6.07) is 3.10. The first kappa shape index (κ1) is 11.4. The summed E-state index contributed by atoms with van der Waals surface area (Å²) in [5.41, 5.74) is 0. The zero-order valence-electron chi connectivity index (χ0n) is 10.9. The van der Waals surface area contributed by atoms with E-state index >= 15 is 0 Å². The summed E-state index contributed by atoms with van der Waals surface area (Å²) in [6.07, 6.45) is 6.68. The van der Waals surface area contributed by atoms with Crippen LogP contribution in [0.3, 0.4) is 0 Å². The maximum absolute atomic E-state index is 2.61. The Morgan fingerprint density at radius 1 is 1.27 bits per heavy atom. The van der Waals surface area contributed by atoms with E-state index in [9.17, 15) is 0 Å². The van der Waals surface area contributed by atoms with Gasteiger partial charge in [-0.05, 0) is 5.92 Å². The lowest BCUT2D eigenvalue weighted by atomic mass is 10.2. The fraction of sp³-hybridized carbons (Fsp3) is 0.692. The quantitative estimate of drug-likeness (QED) is 0.624. The highest BCUT2D eigenvalue weighted by Crippen LogP contribution is 2.45. The van der Waals surface area contributed by atoms with Gasteiger partial charge in [-0.15, -0.1) is 0 Å². The standard InChI is InChI=1S/C13H24Si2/c1-11-9-12(14(2,3)4)10-13(11)15(5)7-6-8-15/h9-11H,6-8H2,1-5H3. The van der Waals surface area contributed by atoms with Gasteiger partial charge in [-0.1, -0.05) is 74.2 Å². The molecule has 1 fully saturated rings. The van der Waals surface area contributed by atoms with Gasteiger partial charge in [0.25, 0.3) is 0 Å². The Kier molecular flexibility index (Phi) is 2.63. The summed E-state index contributed by atoms with van der Waals surface area (Å²) in [4.78, 5) is 0. The second kappa shape index (κ2) is 3.46. The average molecular weight is 237 g/mol. The maximum Gasteiger partial charge on any atom is 0.0792 e. The van der Waals surface area contributed by atoms with E-state index in [1.807, 2.05) is 5.20 Å². The van der Waals surface area contributed by atoms with Crippen LogP contribution in [0.2, 0.25) is 38.3 Å². The molecule has 84 valence electrons. The molecule has 0 aromatic rings. The highest BCUT2D eigenvalue weighted by molar-refractivity contribution is 6.89. The molecular formula is C13H24Si2. The van der Waals surface area contributed by atoms with Gasteiger partial charge < -0.3 is 0 Å². The predicted molar refractivity (Wildman–Crippen MR) is 74.5 cm³/mol. The van der Waals surface area contributed by atoms with Gasteiger partial charge in [-0.3, -0.25) is 0 Å². The predicted octanol–water partition coefficient (Wildman–Crippen LogP) is 4.39. The topological polar surface area (TPSA) is 0 Å². The van der Waals surface area contributed by atoms with Crippen molar-refractivity contribution in [2.75, 3.05) is 0 Å². The van der Waals surface area contributed by atoms with Gasteiger partial charge in [-0.25, -0.2) is 0 Å². The van der Waals surface area contributed by atoms with Crippen molar-refractivity contribution in [1.29, 1.82) is 0 Å². The molecule has 1 unspecified atom stereocenters. The van der Waals surface area contributed by atoms with Crippen molar-refractivity contribution in [3.8, 4) is 0 Å². The van der Waals surface area contributed by atoms with Gasteiger partial charge in [-0.2, -0.15) is 0 Å². The highest BCUT2D eigenvalue weighted by Gasteiger charge is 2.41. The summed E-state index contributed by atoms with van der Waals surface area (Å²) < 4.78 is 0. The SMILES string of the molecule is CC1C=C([Si](C)(C)C)C=C1[Si]1(C)CCC1. The first-order chi connectivity index (χ1) is 6.83. The smallest absolute Gasteiger partial charge is 0.0788 e. The molecule has 0 radical (unpaired) electrons. The molecule has 1 saturated heterocycles. The summed E-state index contributed by atoms with van der Waals surface area (Å²) in [7, 11) is -1.98. The molecule has 0 aromatic heterocycles. The van der Waals surface area contributed by atoms with Crippen LogP contribution >= 0.6 is 0 Å². The first-order valence-corrected chi connectivity index (χ1v) is 12.7. The Bertz CT molecular complexity index is 327. The Labute approximate surface area is 96.5 Å². The maximum atomic E-state index is 2.61. The van der Waals surface area contributed by atoms with Crippen LogP contribution in [0.4, 0.5) is 0 Å². The van der Waals surface area contributed by atoms with Crippen LogP contribution in [0.5, 0.6) is 0 Å². The Balaban J connectivity index is 2.24. The van der Waals surface area contributed by atoms with Gasteiger partial charge in [0.15, 0.2) is 0 Å². The Morgan fingerprint density at radius 2 is 1.87 bits per heavy atom. The van der Waals surface area contributed by atoms with E-state index in [0.29, 0.717) is 0 Å². The van der Waals surface area contributed by atoms with Crippen molar-refractivity contribution in [3.05, 3.63) is 22.5 Å². The number of hydrogen-bond acceptors (Lipinski definition) is 0. The van der Waals surface area contributed by atoms with Gasteiger partial charge in [0.1, 0.15) is 0 Å². The van der Waals surface area contributed by atoms with E-state index in [-0.39, 0.29) is 0 Å². The van der Waals surface area contributed by atoms with E-state index in [0.717, 1.165) is 5.92 Å². The molecular weight excluding hydrogens is 212 g/mol. The van der Waals surface area contributed by atoms with Crippen molar-refractivity contribution in [3.63, 3.8) is 0 Å². The molecule has 0 aromatic carbocycles. The summed E-state index contributed by atoms with van der Waals surface area (Å²) in [5.74, 6) is 0.767. The minimum absolute atomic E-state index is 0.767. The molecule has 2 heteroatoms. The third-order valence-corrected chi connectivity index (χ3v) is 11.2. The molecule has 1 heterocycles. The van der Waals surface area contributed by atoms with Crippen LogP contribution in [-0.2, 0) is 0 Å². The normalized spacial score (nSPS) is 29.5. The first-order valence-electron chi connectivity index (χ1n) is 6.27. The third-order valence-electron chi connectivity index (χ3n) is 4.25.